The van der Waals surface area contributed by atoms with Crippen LogP contribution in [0.2, 0.25) is 0 Å². The molecule has 0 saturated carbocycles. The van der Waals surface area contributed by atoms with Crippen molar-refractivity contribution >= 4 is 15.9 Å². The number of nitrogens with zero attached hydrogens (tertiary/aromatic N) is 2. The number of pyridine rings is 1. The molecule has 20 heavy (non-hydrogen) atoms. The summed E-state index contributed by atoms with van der Waals surface area (Å²) in [6.45, 7) is 1.47. The molecule has 7 nitrogen and oxygen atoms in total. The zero-order chi connectivity index (χ0) is 14.9. The summed E-state index contributed by atoms with van der Waals surface area (Å²) in [5.41, 5.74) is 0.425. The molecular formula is C12H14N2O5S. The Morgan fingerprint density at radius 3 is 2.60 bits per heavy atom. The second-order valence-corrected chi connectivity index (χ2v) is 6.33. The first kappa shape index (κ1) is 14.2. The predicted octanol–water partition coefficient (Wildman–Crippen LogP) is 1.54. The zero-order valence-corrected chi connectivity index (χ0v) is 11.8. The van der Waals surface area contributed by atoms with E-state index in [1.54, 1.807) is 12.1 Å². The highest BCUT2D eigenvalue weighted by Gasteiger charge is 2.28. The van der Waals surface area contributed by atoms with Gasteiger partial charge in [-0.2, -0.15) is 0 Å². The minimum absolute atomic E-state index is 0.0382. The second-order valence-electron chi connectivity index (χ2n) is 4.04. The second kappa shape index (κ2) is 5.04. The van der Waals surface area contributed by atoms with Crippen molar-refractivity contribution in [3.8, 4) is 22.8 Å². The van der Waals surface area contributed by atoms with Crippen molar-refractivity contribution in [1.82, 2.24) is 4.98 Å². The molecule has 0 unspecified atom stereocenters. The van der Waals surface area contributed by atoms with Crippen LogP contribution < -0.4 is 4.31 Å². The van der Waals surface area contributed by atoms with Crippen LogP contribution in [0.1, 0.15) is 6.92 Å². The molecule has 2 aromatic rings. The molecule has 0 aliphatic rings. The van der Waals surface area contributed by atoms with E-state index in [-0.39, 0.29) is 17.4 Å². The molecule has 2 aromatic heterocycles. The highest BCUT2D eigenvalue weighted by atomic mass is 32.2. The van der Waals surface area contributed by atoms with Crippen molar-refractivity contribution in [1.29, 1.82) is 0 Å². The summed E-state index contributed by atoms with van der Waals surface area (Å²) < 4.78 is 29.6. The molecule has 0 spiro atoms. The lowest BCUT2D eigenvalue weighted by molar-refractivity contribution is 0.409. The van der Waals surface area contributed by atoms with E-state index in [0.717, 1.165) is 4.31 Å². The lowest BCUT2D eigenvalue weighted by Crippen LogP contribution is -2.27. The van der Waals surface area contributed by atoms with Gasteiger partial charge in [0.1, 0.15) is 0 Å². The number of aromatic nitrogens is 1. The maximum atomic E-state index is 11.8. The summed E-state index contributed by atoms with van der Waals surface area (Å²) in [5, 5.41) is 19.7. The van der Waals surface area contributed by atoms with Gasteiger partial charge in [0.2, 0.25) is 21.5 Å². The third-order valence-electron chi connectivity index (χ3n) is 2.83. The molecule has 0 atom stereocenters. The van der Waals surface area contributed by atoms with Crippen molar-refractivity contribution < 1.29 is 23.0 Å². The molecule has 0 fully saturated rings. The summed E-state index contributed by atoms with van der Waals surface area (Å²) in [7, 11) is -2.37. The number of rotatable bonds is 4. The molecule has 0 amide bonds. The van der Waals surface area contributed by atoms with E-state index in [4.69, 9.17) is 4.42 Å². The molecule has 0 saturated heterocycles. The third-order valence-corrected chi connectivity index (χ3v) is 4.56. The highest BCUT2D eigenvalue weighted by Crippen LogP contribution is 2.46. The van der Waals surface area contributed by atoms with Crippen LogP contribution >= 0.6 is 0 Å². The minimum atomic E-state index is -3.61. The summed E-state index contributed by atoms with van der Waals surface area (Å²) >= 11 is 0. The first-order valence-corrected chi connectivity index (χ1v) is 7.41. The van der Waals surface area contributed by atoms with Crippen molar-refractivity contribution in [2.45, 2.75) is 6.92 Å². The van der Waals surface area contributed by atoms with E-state index in [1.165, 1.54) is 26.4 Å². The minimum Gasteiger partial charge on any atom is -0.502 e. The number of furan rings is 1. The standard InChI is InChI=1S/C12H14N2O5S/c1-3-20(17,18)14(2)12-10(16)9(15)11(19-12)8-5-4-6-13-7-8/h4-7,15-16H,3H2,1-2H3. The zero-order valence-electron chi connectivity index (χ0n) is 10.9. The van der Waals surface area contributed by atoms with Crippen LogP contribution in [0.25, 0.3) is 11.3 Å². The van der Waals surface area contributed by atoms with E-state index in [9.17, 15) is 18.6 Å². The molecule has 0 aromatic carbocycles. The number of sulfonamides is 1. The van der Waals surface area contributed by atoms with Crippen molar-refractivity contribution in [3.05, 3.63) is 24.5 Å². The van der Waals surface area contributed by atoms with Crippen molar-refractivity contribution in [3.63, 3.8) is 0 Å². The maximum absolute atomic E-state index is 11.8. The largest absolute Gasteiger partial charge is 0.502 e. The van der Waals surface area contributed by atoms with Gasteiger partial charge in [0.05, 0.1) is 5.75 Å². The van der Waals surface area contributed by atoms with E-state index < -0.39 is 21.5 Å². The third kappa shape index (κ3) is 2.29. The number of aromatic hydroxyl groups is 2. The Kier molecular flexibility index (Phi) is 3.58. The Balaban J connectivity index is 2.54. The maximum Gasteiger partial charge on any atom is 0.256 e. The lowest BCUT2D eigenvalue weighted by Gasteiger charge is -2.14. The van der Waals surface area contributed by atoms with Crippen LogP contribution in [0, 0.1) is 0 Å². The Hall–Kier alpha value is -2.22. The van der Waals surface area contributed by atoms with Gasteiger partial charge in [-0.3, -0.25) is 4.98 Å². The summed E-state index contributed by atoms with van der Waals surface area (Å²) in [5.74, 6) is -1.67. The average molecular weight is 298 g/mol. The molecule has 0 aliphatic heterocycles. The predicted molar refractivity (Wildman–Crippen MR) is 73.1 cm³/mol. The van der Waals surface area contributed by atoms with E-state index >= 15 is 0 Å². The molecular weight excluding hydrogens is 284 g/mol. The van der Waals surface area contributed by atoms with E-state index in [0.29, 0.717) is 5.56 Å². The average Bonchev–Trinajstić information content (AvgIpc) is 2.75. The van der Waals surface area contributed by atoms with Crippen LogP contribution in [0.4, 0.5) is 5.88 Å². The summed E-state index contributed by atoms with van der Waals surface area (Å²) in [6, 6.07) is 3.24. The molecule has 0 bridgehead atoms. The fraction of sp³-hybridized carbons (Fsp3) is 0.250. The molecule has 8 heteroatoms. The Labute approximate surface area is 116 Å². The Morgan fingerprint density at radius 1 is 1.35 bits per heavy atom. The van der Waals surface area contributed by atoms with Crippen molar-refractivity contribution in [2.24, 2.45) is 0 Å². The number of anilines is 1. The van der Waals surface area contributed by atoms with Crippen LogP contribution in [0.3, 0.4) is 0 Å². The molecule has 2 heterocycles. The lowest BCUT2D eigenvalue weighted by atomic mass is 10.2. The molecule has 108 valence electrons. The van der Waals surface area contributed by atoms with Crippen LogP contribution in [-0.2, 0) is 10.0 Å². The first-order chi connectivity index (χ1) is 9.38. The van der Waals surface area contributed by atoms with Gasteiger partial charge in [-0.1, -0.05) is 0 Å². The van der Waals surface area contributed by atoms with Gasteiger partial charge < -0.3 is 14.6 Å². The number of hydrogen-bond acceptors (Lipinski definition) is 6. The monoisotopic (exact) mass is 298 g/mol. The summed E-state index contributed by atoms with van der Waals surface area (Å²) in [4.78, 5) is 3.87. The fourth-order valence-corrected chi connectivity index (χ4v) is 2.39. The molecule has 2 N–H and O–H groups in total. The van der Waals surface area contributed by atoms with Gasteiger partial charge in [-0.05, 0) is 19.1 Å². The van der Waals surface area contributed by atoms with Crippen LogP contribution in [-0.4, -0.2) is 36.4 Å². The molecule has 2 rings (SSSR count). The van der Waals surface area contributed by atoms with Crippen molar-refractivity contribution in [2.75, 3.05) is 17.1 Å². The van der Waals surface area contributed by atoms with E-state index in [1.807, 2.05) is 0 Å². The van der Waals surface area contributed by atoms with E-state index in [2.05, 4.69) is 4.98 Å². The van der Waals surface area contributed by atoms with Gasteiger partial charge in [0.15, 0.2) is 5.76 Å². The summed E-state index contributed by atoms with van der Waals surface area (Å²) in [6.07, 6.45) is 2.97. The fourth-order valence-electron chi connectivity index (χ4n) is 1.63. The quantitative estimate of drug-likeness (QED) is 0.887. The molecule has 0 aliphatic carbocycles. The normalized spacial score (nSPS) is 11.5. The van der Waals surface area contributed by atoms with Gasteiger partial charge in [0, 0.05) is 25.0 Å². The van der Waals surface area contributed by atoms with Gasteiger partial charge in [0.25, 0.3) is 5.88 Å². The molecule has 0 radical (unpaired) electrons. The number of hydrogen-bond donors (Lipinski definition) is 2. The Morgan fingerprint density at radius 2 is 2.05 bits per heavy atom. The Bertz CT molecular complexity index is 709. The smallest absolute Gasteiger partial charge is 0.256 e. The SMILES string of the molecule is CCS(=O)(=O)N(C)c1oc(-c2cccnc2)c(O)c1O. The highest BCUT2D eigenvalue weighted by molar-refractivity contribution is 7.92. The van der Waals surface area contributed by atoms with Gasteiger partial charge in [-0.15, -0.1) is 0 Å². The van der Waals surface area contributed by atoms with Gasteiger partial charge >= 0.3 is 0 Å². The van der Waals surface area contributed by atoms with Crippen LogP contribution in [0.15, 0.2) is 28.9 Å². The van der Waals surface area contributed by atoms with Gasteiger partial charge in [-0.25, -0.2) is 12.7 Å². The van der Waals surface area contributed by atoms with Crippen LogP contribution in [0.5, 0.6) is 11.5 Å². The topological polar surface area (TPSA) is 104 Å². The first-order valence-electron chi connectivity index (χ1n) is 5.80.